The van der Waals surface area contributed by atoms with Crippen LogP contribution < -0.4 is 0 Å². The molecular formula is C16H20ClN3O. The van der Waals surface area contributed by atoms with Crippen LogP contribution in [0.25, 0.3) is 0 Å². The zero-order chi connectivity index (χ0) is 14.7. The van der Waals surface area contributed by atoms with Crippen LogP contribution in [0.2, 0.25) is 5.02 Å². The molecule has 3 rings (SSSR count). The summed E-state index contributed by atoms with van der Waals surface area (Å²) in [5, 5.41) is 4.75. The van der Waals surface area contributed by atoms with E-state index in [2.05, 4.69) is 21.0 Å². The van der Waals surface area contributed by atoms with E-state index in [4.69, 9.17) is 16.1 Å². The van der Waals surface area contributed by atoms with Crippen LogP contribution in [0.1, 0.15) is 17.0 Å². The summed E-state index contributed by atoms with van der Waals surface area (Å²) in [7, 11) is 0. The molecule has 0 aliphatic carbocycles. The molecule has 0 atom stereocenters. The van der Waals surface area contributed by atoms with Gasteiger partial charge in [-0.15, -0.1) is 0 Å². The lowest BCUT2D eigenvalue weighted by Crippen LogP contribution is -2.45. The van der Waals surface area contributed by atoms with Crippen LogP contribution in [0.4, 0.5) is 0 Å². The minimum absolute atomic E-state index is 0.812. The highest BCUT2D eigenvalue weighted by molar-refractivity contribution is 6.30. The molecule has 2 aromatic rings. The molecule has 5 heteroatoms. The lowest BCUT2D eigenvalue weighted by atomic mass is 10.2. The number of hydrogen-bond acceptors (Lipinski definition) is 4. The molecule has 0 radical (unpaired) electrons. The first-order valence-electron chi connectivity index (χ1n) is 7.30. The topological polar surface area (TPSA) is 32.5 Å². The van der Waals surface area contributed by atoms with Crippen LogP contribution in [0.5, 0.6) is 0 Å². The first kappa shape index (κ1) is 14.6. The van der Waals surface area contributed by atoms with Gasteiger partial charge < -0.3 is 4.52 Å². The quantitative estimate of drug-likeness (QED) is 0.869. The van der Waals surface area contributed by atoms with Crippen molar-refractivity contribution in [3.05, 3.63) is 52.4 Å². The van der Waals surface area contributed by atoms with Crippen molar-refractivity contribution in [2.45, 2.75) is 20.0 Å². The molecule has 112 valence electrons. The normalized spacial score (nSPS) is 17.2. The van der Waals surface area contributed by atoms with Crippen molar-refractivity contribution in [1.82, 2.24) is 15.0 Å². The lowest BCUT2D eigenvalue weighted by molar-refractivity contribution is 0.113. The zero-order valence-corrected chi connectivity index (χ0v) is 13.0. The zero-order valence-electron chi connectivity index (χ0n) is 12.3. The third-order valence-electron chi connectivity index (χ3n) is 3.82. The standard InChI is InChI=1S/C16H20ClN3O/c1-13-9-16(21-18-13)12-20-7-5-19(6-8-20)11-14-3-2-4-15(17)10-14/h2-4,9-10H,5-8,11-12H2,1H3. The van der Waals surface area contributed by atoms with Gasteiger partial charge in [0.2, 0.25) is 0 Å². The van der Waals surface area contributed by atoms with E-state index in [-0.39, 0.29) is 0 Å². The molecule has 0 saturated carbocycles. The van der Waals surface area contributed by atoms with Crippen LogP contribution >= 0.6 is 11.6 Å². The van der Waals surface area contributed by atoms with Crippen molar-refractivity contribution in [2.75, 3.05) is 26.2 Å². The van der Waals surface area contributed by atoms with E-state index in [1.165, 1.54) is 5.56 Å². The number of aromatic nitrogens is 1. The summed E-state index contributed by atoms with van der Waals surface area (Å²) in [4.78, 5) is 4.88. The molecule has 1 aliphatic rings. The lowest BCUT2D eigenvalue weighted by Gasteiger charge is -2.34. The molecule has 0 unspecified atom stereocenters. The Kier molecular flexibility index (Phi) is 4.58. The minimum Gasteiger partial charge on any atom is -0.360 e. The van der Waals surface area contributed by atoms with Gasteiger partial charge in [-0.1, -0.05) is 28.9 Å². The Balaban J connectivity index is 1.48. The van der Waals surface area contributed by atoms with Gasteiger partial charge in [-0.25, -0.2) is 0 Å². The smallest absolute Gasteiger partial charge is 0.150 e. The Labute approximate surface area is 130 Å². The third-order valence-corrected chi connectivity index (χ3v) is 4.05. The Morgan fingerprint density at radius 3 is 2.43 bits per heavy atom. The van der Waals surface area contributed by atoms with E-state index >= 15 is 0 Å². The average Bonchev–Trinajstić information content (AvgIpc) is 2.86. The van der Waals surface area contributed by atoms with Gasteiger partial charge in [-0.2, -0.15) is 0 Å². The van der Waals surface area contributed by atoms with Crippen LogP contribution in [0.15, 0.2) is 34.9 Å². The minimum atomic E-state index is 0.812. The predicted octanol–water partition coefficient (Wildman–Crippen LogP) is 2.95. The molecule has 0 bridgehead atoms. The van der Waals surface area contributed by atoms with Gasteiger partial charge in [0.1, 0.15) is 0 Å². The van der Waals surface area contributed by atoms with Gasteiger partial charge >= 0.3 is 0 Å². The van der Waals surface area contributed by atoms with E-state index in [0.717, 1.165) is 55.7 Å². The second kappa shape index (κ2) is 6.60. The number of benzene rings is 1. The van der Waals surface area contributed by atoms with Crippen molar-refractivity contribution >= 4 is 11.6 Å². The summed E-state index contributed by atoms with van der Waals surface area (Å²) >= 11 is 6.03. The largest absolute Gasteiger partial charge is 0.360 e. The summed E-state index contributed by atoms with van der Waals surface area (Å²) in [6.07, 6.45) is 0. The molecule has 2 heterocycles. The van der Waals surface area contributed by atoms with Crippen LogP contribution in [-0.2, 0) is 13.1 Å². The molecule has 1 aliphatic heterocycles. The van der Waals surface area contributed by atoms with Crippen molar-refractivity contribution in [3.63, 3.8) is 0 Å². The summed E-state index contributed by atoms with van der Waals surface area (Å²) in [5.41, 5.74) is 2.23. The molecule has 0 spiro atoms. The molecule has 1 saturated heterocycles. The maximum atomic E-state index is 6.03. The molecule has 21 heavy (non-hydrogen) atoms. The number of nitrogens with zero attached hydrogens (tertiary/aromatic N) is 3. The highest BCUT2D eigenvalue weighted by atomic mass is 35.5. The van der Waals surface area contributed by atoms with Crippen LogP contribution in [0, 0.1) is 6.92 Å². The third kappa shape index (κ3) is 4.06. The van der Waals surface area contributed by atoms with Gasteiger partial charge in [0.05, 0.1) is 12.2 Å². The first-order chi connectivity index (χ1) is 10.2. The number of aryl methyl sites for hydroxylation is 1. The van der Waals surface area contributed by atoms with Crippen molar-refractivity contribution in [1.29, 1.82) is 0 Å². The van der Waals surface area contributed by atoms with E-state index in [0.29, 0.717) is 0 Å². The maximum absolute atomic E-state index is 6.03. The second-order valence-electron chi connectivity index (χ2n) is 5.62. The molecular weight excluding hydrogens is 286 g/mol. The summed E-state index contributed by atoms with van der Waals surface area (Å²) in [6.45, 7) is 8.03. The Hall–Kier alpha value is -1.36. The van der Waals surface area contributed by atoms with Gasteiger partial charge in [-0.05, 0) is 24.6 Å². The van der Waals surface area contributed by atoms with Gasteiger partial charge in [0.25, 0.3) is 0 Å². The number of hydrogen-bond donors (Lipinski definition) is 0. The van der Waals surface area contributed by atoms with Gasteiger partial charge in [0, 0.05) is 43.8 Å². The monoisotopic (exact) mass is 305 g/mol. The predicted molar refractivity (Wildman–Crippen MR) is 83.2 cm³/mol. The van der Waals surface area contributed by atoms with E-state index < -0.39 is 0 Å². The molecule has 1 aromatic heterocycles. The molecule has 4 nitrogen and oxygen atoms in total. The van der Waals surface area contributed by atoms with E-state index in [1.807, 2.05) is 31.2 Å². The van der Waals surface area contributed by atoms with Crippen molar-refractivity contribution < 1.29 is 4.52 Å². The average molecular weight is 306 g/mol. The van der Waals surface area contributed by atoms with E-state index in [9.17, 15) is 0 Å². The summed E-state index contributed by atoms with van der Waals surface area (Å²) in [6, 6.07) is 10.1. The fourth-order valence-corrected chi connectivity index (χ4v) is 2.92. The highest BCUT2D eigenvalue weighted by Gasteiger charge is 2.18. The van der Waals surface area contributed by atoms with Crippen LogP contribution in [-0.4, -0.2) is 41.1 Å². The SMILES string of the molecule is Cc1cc(CN2CCN(Cc3cccc(Cl)c3)CC2)on1. The van der Waals surface area contributed by atoms with Gasteiger partial charge in [0.15, 0.2) is 5.76 Å². The fraction of sp³-hybridized carbons (Fsp3) is 0.438. The molecule has 1 fully saturated rings. The number of rotatable bonds is 4. The Bertz CT molecular complexity index is 591. The Morgan fingerprint density at radius 2 is 1.81 bits per heavy atom. The van der Waals surface area contributed by atoms with Crippen molar-refractivity contribution in [2.24, 2.45) is 0 Å². The van der Waals surface area contributed by atoms with Crippen LogP contribution in [0.3, 0.4) is 0 Å². The maximum Gasteiger partial charge on any atom is 0.150 e. The van der Waals surface area contributed by atoms with Crippen molar-refractivity contribution in [3.8, 4) is 0 Å². The molecule has 0 N–H and O–H groups in total. The second-order valence-corrected chi connectivity index (χ2v) is 6.05. The Morgan fingerprint density at radius 1 is 1.10 bits per heavy atom. The summed E-state index contributed by atoms with van der Waals surface area (Å²) in [5.74, 6) is 0.954. The number of halogens is 1. The fourth-order valence-electron chi connectivity index (χ4n) is 2.71. The first-order valence-corrected chi connectivity index (χ1v) is 7.68. The molecule has 1 aromatic carbocycles. The molecule has 0 amide bonds. The highest BCUT2D eigenvalue weighted by Crippen LogP contribution is 2.15. The van der Waals surface area contributed by atoms with Gasteiger partial charge in [-0.3, -0.25) is 9.80 Å². The summed E-state index contributed by atoms with van der Waals surface area (Å²) < 4.78 is 5.28. The number of piperazine rings is 1. The van der Waals surface area contributed by atoms with E-state index in [1.54, 1.807) is 0 Å².